The van der Waals surface area contributed by atoms with Gasteiger partial charge in [-0.05, 0) is 5.56 Å². The molecule has 1 unspecified atom stereocenters. The summed E-state index contributed by atoms with van der Waals surface area (Å²) >= 11 is 1.39. The van der Waals surface area contributed by atoms with Crippen molar-refractivity contribution < 1.29 is 9.53 Å². The monoisotopic (exact) mass is 289 g/mol. The maximum absolute atomic E-state index is 11.9. The van der Waals surface area contributed by atoms with Gasteiger partial charge in [0.15, 0.2) is 5.82 Å². The Morgan fingerprint density at radius 2 is 2.00 bits per heavy atom. The van der Waals surface area contributed by atoms with E-state index in [4.69, 9.17) is 10.5 Å². The van der Waals surface area contributed by atoms with Crippen molar-refractivity contribution in [1.82, 2.24) is 9.97 Å². The standard InChI is InChI=1S/C14H15N3O2S/c1-19-14(18)11(10-5-3-2-4-6-10)9-20-13-12(15)16-7-8-17-13/h2-8,11H,9H2,1H3,(H2,15,16). The first-order valence-electron chi connectivity index (χ1n) is 6.04. The summed E-state index contributed by atoms with van der Waals surface area (Å²) in [4.78, 5) is 20.0. The molecule has 5 nitrogen and oxygen atoms in total. The highest BCUT2D eigenvalue weighted by Crippen LogP contribution is 2.28. The van der Waals surface area contributed by atoms with E-state index in [1.165, 1.54) is 25.1 Å². The molecule has 0 aliphatic rings. The zero-order chi connectivity index (χ0) is 14.4. The third-order valence-corrected chi connectivity index (χ3v) is 3.85. The van der Waals surface area contributed by atoms with Crippen LogP contribution in [-0.2, 0) is 9.53 Å². The fourth-order valence-electron chi connectivity index (χ4n) is 1.74. The molecule has 0 spiro atoms. The zero-order valence-corrected chi connectivity index (χ0v) is 11.8. The van der Waals surface area contributed by atoms with E-state index in [1.807, 2.05) is 30.3 Å². The summed E-state index contributed by atoms with van der Waals surface area (Å²) in [5, 5.41) is 0.623. The smallest absolute Gasteiger partial charge is 0.313 e. The minimum absolute atomic E-state index is 0.272. The molecule has 0 aliphatic heterocycles. The van der Waals surface area contributed by atoms with Gasteiger partial charge < -0.3 is 10.5 Å². The number of anilines is 1. The second-order valence-corrected chi connectivity index (χ2v) is 5.05. The number of hydrogen-bond donors (Lipinski definition) is 1. The van der Waals surface area contributed by atoms with Crippen molar-refractivity contribution >= 4 is 23.5 Å². The number of methoxy groups -OCH3 is 1. The Labute approximate surface area is 121 Å². The number of rotatable bonds is 5. The van der Waals surface area contributed by atoms with Crippen LogP contribution in [0.2, 0.25) is 0 Å². The molecule has 1 atom stereocenters. The summed E-state index contributed by atoms with van der Waals surface area (Å²) in [7, 11) is 1.39. The van der Waals surface area contributed by atoms with Gasteiger partial charge in [-0.25, -0.2) is 9.97 Å². The number of benzene rings is 1. The molecule has 104 valence electrons. The SMILES string of the molecule is COC(=O)C(CSc1nccnc1N)c1ccccc1. The number of thioether (sulfide) groups is 1. The minimum Gasteiger partial charge on any atom is -0.469 e. The van der Waals surface area contributed by atoms with E-state index < -0.39 is 0 Å². The normalized spacial score (nSPS) is 11.8. The summed E-state index contributed by atoms with van der Waals surface area (Å²) in [5.74, 6) is 0.243. The first-order chi connectivity index (χ1) is 9.72. The Hall–Kier alpha value is -2.08. The molecule has 0 saturated heterocycles. The molecule has 2 rings (SSSR count). The number of carbonyl (C=O) groups is 1. The molecule has 0 bridgehead atoms. The van der Waals surface area contributed by atoms with Crippen LogP contribution < -0.4 is 5.73 Å². The molecular formula is C14H15N3O2S. The van der Waals surface area contributed by atoms with E-state index >= 15 is 0 Å². The van der Waals surface area contributed by atoms with E-state index in [0.717, 1.165) is 5.56 Å². The average Bonchev–Trinajstić information content (AvgIpc) is 2.50. The minimum atomic E-state index is -0.354. The molecule has 2 N–H and O–H groups in total. The summed E-state index contributed by atoms with van der Waals surface area (Å²) in [6, 6.07) is 9.51. The lowest BCUT2D eigenvalue weighted by molar-refractivity contribution is -0.141. The lowest BCUT2D eigenvalue weighted by atomic mass is 10.0. The number of esters is 1. The van der Waals surface area contributed by atoms with Crippen LogP contribution in [0.1, 0.15) is 11.5 Å². The number of nitrogens with zero attached hydrogens (tertiary/aromatic N) is 2. The molecule has 0 saturated carbocycles. The number of ether oxygens (including phenoxy) is 1. The van der Waals surface area contributed by atoms with Gasteiger partial charge in [-0.15, -0.1) is 11.8 Å². The number of carbonyl (C=O) groups excluding carboxylic acids is 1. The Kier molecular flexibility index (Phi) is 4.95. The van der Waals surface area contributed by atoms with Crippen LogP contribution in [0.15, 0.2) is 47.8 Å². The largest absolute Gasteiger partial charge is 0.469 e. The Morgan fingerprint density at radius 1 is 1.30 bits per heavy atom. The number of aromatic nitrogens is 2. The summed E-state index contributed by atoms with van der Waals surface area (Å²) in [6.45, 7) is 0. The first-order valence-corrected chi connectivity index (χ1v) is 7.03. The highest BCUT2D eigenvalue weighted by molar-refractivity contribution is 7.99. The second-order valence-electron chi connectivity index (χ2n) is 4.04. The van der Waals surface area contributed by atoms with Gasteiger partial charge in [-0.2, -0.15) is 0 Å². The Balaban J connectivity index is 2.14. The lowest BCUT2D eigenvalue weighted by Crippen LogP contribution is -2.16. The molecule has 2 aromatic rings. The summed E-state index contributed by atoms with van der Waals surface area (Å²) in [5.41, 5.74) is 6.65. The summed E-state index contributed by atoms with van der Waals surface area (Å²) in [6.07, 6.45) is 3.11. The quantitative estimate of drug-likeness (QED) is 0.671. The van der Waals surface area contributed by atoms with Crippen molar-refractivity contribution in [3.05, 3.63) is 48.3 Å². The van der Waals surface area contributed by atoms with Gasteiger partial charge >= 0.3 is 5.97 Å². The maximum Gasteiger partial charge on any atom is 0.313 e. The molecule has 1 heterocycles. The molecular weight excluding hydrogens is 274 g/mol. The van der Waals surface area contributed by atoms with E-state index in [9.17, 15) is 4.79 Å². The van der Waals surface area contributed by atoms with Crippen molar-refractivity contribution in [2.75, 3.05) is 18.6 Å². The molecule has 6 heteroatoms. The van der Waals surface area contributed by atoms with Crippen LogP contribution in [0.3, 0.4) is 0 Å². The number of hydrogen-bond acceptors (Lipinski definition) is 6. The predicted octanol–water partition coefficient (Wildman–Crippen LogP) is 2.11. The fraction of sp³-hybridized carbons (Fsp3) is 0.214. The molecule has 1 aromatic carbocycles. The molecule has 0 radical (unpaired) electrons. The topological polar surface area (TPSA) is 78.1 Å². The molecule has 0 amide bonds. The van der Waals surface area contributed by atoms with Crippen molar-refractivity contribution in [3.63, 3.8) is 0 Å². The molecule has 20 heavy (non-hydrogen) atoms. The predicted molar refractivity (Wildman–Crippen MR) is 78.4 cm³/mol. The highest BCUT2D eigenvalue weighted by Gasteiger charge is 2.22. The van der Waals surface area contributed by atoms with Gasteiger partial charge in [0.05, 0.1) is 13.0 Å². The van der Waals surface area contributed by atoms with Crippen molar-refractivity contribution in [3.8, 4) is 0 Å². The first kappa shape index (κ1) is 14.3. The van der Waals surface area contributed by atoms with Crippen LogP contribution >= 0.6 is 11.8 Å². The van der Waals surface area contributed by atoms with Crippen LogP contribution in [-0.4, -0.2) is 28.8 Å². The van der Waals surface area contributed by atoms with E-state index in [2.05, 4.69) is 9.97 Å². The third-order valence-electron chi connectivity index (χ3n) is 2.77. The number of nitrogen functional groups attached to an aromatic ring is 1. The van der Waals surface area contributed by atoms with E-state index in [0.29, 0.717) is 16.6 Å². The van der Waals surface area contributed by atoms with Crippen LogP contribution in [0.5, 0.6) is 0 Å². The average molecular weight is 289 g/mol. The zero-order valence-electron chi connectivity index (χ0n) is 11.0. The van der Waals surface area contributed by atoms with Crippen molar-refractivity contribution in [2.24, 2.45) is 0 Å². The molecule has 0 aliphatic carbocycles. The third kappa shape index (κ3) is 3.48. The van der Waals surface area contributed by atoms with Gasteiger partial charge in [-0.3, -0.25) is 4.79 Å². The highest BCUT2D eigenvalue weighted by atomic mass is 32.2. The van der Waals surface area contributed by atoms with E-state index in [-0.39, 0.29) is 11.9 Å². The molecule has 1 aromatic heterocycles. The van der Waals surface area contributed by atoms with Gasteiger partial charge in [0.2, 0.25) is 0 Å². The fourth-order valence-corrected chi connectivity index (χ4v) is 2.73. The van der Waals surface area contributed by atoms with Gasteiger partial charge in [0.1, 0.15) is 5.03 Å². The van der Waals surface area contributed by atoms with Gasteiger partial charge in [0, 0.05) is 18.1 Å². The Morgan fingerprint density at radius 3 is 2.65 bits per heavy atom. The van der Waals surface area contributed by atoms with Crippen molar-refractivity contribution in [1.29, 1.82) is 0 Å². The van der Waals surface area contributed by atoms with Crippen LogP contribution in [0, 0.1) is 0 Å². The van der Waals surface area contributed by atoms with Crippen LogP contribution in [0.25, 0.3) is 0 Å². The Bertz CT molecular complexity index is 578. The summed E-state index contributed by atoms with van der Waals surface area (Å²) < 4.78 is 4.87. The van der Waals surface area contributed by atoms with Gasteiger partial charge in [0.25, 0.3) is 0 Å². The number of nitrogens with two attached hydrogens (primary N) is 1. The van der Waals surface area contributed by atoms with Gasteiger partial charge in [-0.1, -0.05) is 30.3 Å². The molecule has 0 fully saturated rings. The van der Waals surface area contributed by atoms with Crippen molar-refractivity contribution in [2.45, 2.75) is 10.9 Å². The lowest BCUT2D eigenvalue weighted by Gasteiger charge is -2.14. The van der Waals surface area contributed by atoms with E-state index in [1.54, 1.807) is 6.20 Å². The second kappa shape index (κ2) is 6.91. The maximum atomic E-state index is 11.9. The van der Waals surface area contributed by atoms with Crippen LogP contribution in [0.4, 0.5) is 5.82 Å².